The first-order valence-corrected chi connectivity index (χ1v) is 27.5. The van der Waals surface area contributed by atoms with Gasteiger partial charge in [-0.3, -0.25) is 0 Å². The Morgan fingerprint density at radius 1 is 0.432 bits per heavy atom. The van der Waals surface area contributed by atoms with Gasteiger partial charge in [0.1, 0.15) is 11.2 Å². The summed E-state index contributed by atoms with van der Waals surface area (Å²) in [6, 6.07) is 63.5. The van der Waals surface area contributed by atoms with E-state index in [9.17, 15) is 0 Å². The largest absolute Gasteiger partial charge is 0.456 e. The molecule has 0 N–H and O–H groups in total. The Morgan fingerprint density at radius 3 is 1.54 bits per heavy atom. The van der Waals surface area contributed by atoms with E-state index < -0.39 is 5.41 Å². The highest BCUT2D eigenvalue weighted by atomic mass is 32.1. The summed E-state index contributed by atoms with van der Waals surface area (Å²) in [6.07, 6.45) is 0. The summed E-state index contributed by atoms with van der Waals surface area (Å²) < 4.78 is 8.24. The molecule has 0 saturated heterocycles. The number of hydrogen-bond acceptors (Lipinski definition) is 4. The monoisotopic (exact) mass is 978 g/mol. The zero-order valence-electron chi connectivity index (χ0n) is 44.9. The average Bonchev–Trinajstić information content (AvgIpc) is 4.12. The summed E-state index contributed by atoms with van der Waals surface area (Å²) in [7, 11) is 0. The van der Waals surface area contributed by atoms with Crippen molar-refractivity contribution in [1.29, 1.82) is 0 Å². The average molecular weight is 979 g/mol. The molecule has 0 unspecified atom stereocenters. The summed E-state index contributed by atoms with van der Waals surface area (Å²) in [5, 5.41) is 2.30. The molecule has 74 heavy (non-hydrogen) atoms. The van der Waals surface area contributed by atoms with Crippen molar-refractivity contribution < 1.29 is 4.42 Å². The van der Waals surface area contributed by atoms with Crippen LogP contribution in [0.2, 0.25) is 0 Å². The number of benzene rings is 8. The number of anilines is 6. The Balaban J connectivity index is 1.16. The molecule has 4 aliphatic rings. The van der Waals surface area contributed by atoms with Crippen molar-refractivity contribution in [3.05, 3.63) is 208 Å². The van der Waals surface area contributed by atoms with Crippen molar-refractivity contribution in [3.8, 4) is 22.3 Å². The molecule has 1 spiro atoms. The lowest BCUT2D eigenvalue weighted by Crippen LogP contribution is -2.60. The number of rotatable bonds is 2. The maximum atomic E-state index is 6.85. The van der Waals surface area contributed by atoms with Crippen LogP contribution in [-0.4, -0.2) is 6.71 Å². The van der Waals surface area contributed by atoms with Crippen LogP contribution in [0.5, 0.6) is 0 Å². The highest BCUT2D eigenvalue weighted by Crippen LogP contribution is 2.67. The molecule has 4 heterocycles. The fraction of sp³-hybridized carbons (Fsp3) is 0.246. The Hall–Kier alpha value is -7.08. The fourth-order valence-corrected chi connectivity index (χ4v) is 14.8. The van der Waals surface area contributed by atoms with Crippen molar-refractivity contribution in [1.82, 2.24) is 0 Å². The smallest absolute Gasteiger partial charge is 0.264 e. The van der Waals surface area contributed by atoms with Crippen LogP contribution in [0, 0.1) is 0 Å². The number of fused-ring (bicyclic) bond motifs is 18. The van der Waals surface area contributed by atoms with Crippen LogP contribution in [-0.2, 0) is 27.1 Å². The molecule has 0 amide bonds. The fourth-order valence-electron chi connectivity index (χ4n) is 13.2. The molecular formula is C69H63BN2OS. The minimum atomic E-state index is -0.575. The third kappa shape index (κ3) is 6.20. The number of thiophene rings is 1. The lowest BCUT2D eigenvalue weighted by atomic mass is 9.36. The van der Waals surface area contributed by atoms with E-state index in [-0.39, 0.29) is 28.4 Å². The Morgan fingerprint density at radius 2 is 0.946 bits per heavy atom. The highest BCUT2D eigenvalue weighted by molar-refractivity contribution is 7.30. The molecule has 0 saturated carbocycles. The van der Waals surface area contributed by atoms with Crippen LogP contribution in [0.1, 0.15) is 127 Å². The van der Waals surface area contributed by atoms with Gasteiger partial charge in [-0.1, -0.05) is 186 Å². The number of nitrogens with zero attached hydrogens (tertiary/aromatic N) is 2. The van der Waals surface area contributed by atoms with Gasteiger partial charge in [-0.15, -0.1) is 11.3 Å². The maximum absolute atomic E-state index is 6.85. The zero-order chi connectivity index (χ0) is 51.2. The first-order chi connectivity index (χ1) is 35.2. The van der Waals surface area contributed by atoms with Crippen LogP contribution in [0.25, 0.3) is 44.2 Å². The lowest BCUT2D eigenvalue weighted by molar-refractivity contribution is 0.589. The van der Waals surface area contributed by atoms with E-state index in [1.54, 1.807) is 0 Å². The molecule has 5 heteroatoms. The van der Waals surface area contributed by atoms with Gasteiger partial charge in [-0.2, -0.15) is 0 Å². The minimum absolute atomic E-state index is 0.00238. The molecule has 0 radical (unpaired) electrons. The van der Waals surface area contributed by atoms with Gasteiger partial charge in [0, 0.05) is 54.4 Å². The molecule has 10 aromatic rings. The molecule has 0 fully saturated rings. The van der Waals surface area contributed by atoms with Crippen LogP contribution in [0.15, 0.2) is 168 Å². The molecule has 8 aromatic carbocycles. The van der Waals surface area contributed by atoms with E-state index in [0.29, 0.717) is 0 Å². The number of para-hydroxylation sites is 1. The van der Waals surface area contributed by atoms with E-state index in [0.717, 1.165) is 21.9 Å². The standard InChI is InChI=1S/C69H63BN2OS/c1-65(2,3)40-25-30-44(31-26-40)71-55-35-42(67(7,8)9)29-34-54(55)70-61-56(71)36-43(68(10,11)12)37-57(61)72(45-32-27-41(28-33-45)66(4,5)6)62-60-50-38-49-48-21-15-18-24-58(48)73-59(49)39-53(50)69(63(60)74-64(62)70)51-22-16-13-19-46(51)47-20-14-17-23-52(47)69/h13-39H,1-12H3. The molecule has 2 aromatic heterocycles. The Bertz CT molecular complexity index is 3960. The van der Waals surface area contributed by atoms with Gasteiger partial charge in [0.15, 0.2) is 0 Å². The SMILES string of the molecule is CC(C)(C)c1ccc(N2c3cc(C(C)(C)C)ccc3B3c4sc5c(c4N(c4ccc(C(C)(C)C)cc4)c4cc(C(C)(C)C)cc2c43)-c2cc3c(cc2C52c4ccccc4-c4ccccc42)oc2ccccc23)cc1. The second kappa shape index (κ2) is 15.0. The third-order valence-corrected chi connectivity index (χ3v) is 18.4. The van der Waals surface area contributed by atoms with Crippen LogP contribution < -0.4 is 25.5 Å². The summed E-state index contributed by atoms with van der Waals surface area (Å²) in [6.45, 7) is 28.0. The predicted octanol–water partition coefficient (Wildman–Crippen LogP) is 17.3. The van der Waals surface area contributed by atoms with Crippen LogP contribution in [0.3, 0.4) is 0 Å². The lowest BCUT2D eigenvalue weighted by Gasteiger charge is -2.45. The molecule has 364 valence electrons. The molecule has 2 aliphatic carbocycles. The van der Waals surface area contributed by atoms with Crippen molar-refractivity contribution in [2.45, 2.75) is 110 Å². The maximum Gasteiger partial charge on any atom is 0.264 e. The van der Waals surface area contributed by atoms with E-state index in [1.165, 1.54) is 116 Å². The van der Waals surface area contributed by atoms with Gasteiger partial charge >= 0.3 is 0 Å². The third-order valence-electron chi connectivity index (χ3n) is 17.1. The molecule has 0 bridgehead atoms. The first kappa shape index (κ1) is 45.5. The predicted molar refractivity (Wildman–Crippen MR) is 317 cm³/mol. The van der Waals surface area contributed by atoms with Crippen molar-refractivity contribution in [2.24, 2.45) is 0 Å². The summed E-state index contributed by atoms with van der Waals surface area (Å²) in [5.74, 6) is 0. The Kier molecular flexibility index (Phi) is 9.25. The van der Waals surface area contributed by atoms with Crippen LogP contribution >= 0.6 is 11.3 Å². The quantitative estimate of drug-likeness (QED) is 0.161. The normalized spacial score (nSPS) is 15.1. The van der Waals surface area contributed by atoms with Crippen molar-refractivity contribution >= 4 is 89.8 Å². The number of furan rings is 1. The minimum Gasteiger partial charge on any atom is -0.456 e. The zero-order valence-corrected chi connectivity index (χ0v) is 45.7. The van der Waals surface area contributed by atoms with Gasteiger partial charge in [0.05, 0.1) is 11.1 Å². The summed E-state index contributed by atoms with van der Waals surface area (Å²) >= 11 is 2.06. The van der Waals surface area contributed by atoms with Gasteiger partial charge in [-0.05, 0) is 149 Å². The molecule has 0 atom stereocenters. The van der Waals surface area contributed by atoms with E-state index in [2.05, 4.69) is 268 Å². The van der Waals surface area contributed by atoms with Crippen molar-refractivity contribution in [3.63, 3.8) is 0 Å². The van der Waals surface area contributed by atoms with E-state index >= 15 is 0 Å². The highest BCUT2D eigenvalue weighted by Gasteiger charge is 2.57. The number of hydrogen-bond donors (Lipinski definition) is 0. The van der Waals surface area contributed by atoms with Gasteiger partial charge in [0.25, 0.3) is 6.71 Å². The molecular weight excluding hydrogens is 916 g/mol. The second-order valence-electron chi connectivity index (χ2n) is 25.8. The van der Waals surface area contributed by atoms with E-state index in [4.69, 9.17) is 4.42 Å². The summed E-state index contributed by atoms with van der Waals surface area (Å²) in [4.78, 5) is 6.71. The summed E-state index contributed by atoms with van der Waals surface area (Å²) in [5.41, 5.74) is 25.7. The topological polar surface area (TPSA) is 19.6 Å². The first-order valence-electron chi connectivity index (χ1n) is 26.7. The second-order valence-corrected chi connectivity index (χ2v) is 26.8. The van der Waals surface area contributed by atoms with Crippen LogP contribution in [0.4, 0.5) is 34.1 Å². The van der Waals surface area contributed by atoms with Crippen molar-refractivity contribution in [2.75, 3.05) is 9.80 Å². The Labute approximate surface area is 441 Å². The molecule has 14 rings (SSSR count). The van der Waals surface area contributed by atoms with Gasteiger partial charge in [-0.25, -0.2) is 0 Å². The van der Waals surface area contributed by atoms with E-state index in [1.807, 2.05) is 0 Å². The molecule has 3 nitrogen and oxygen atoms in total. The van der Waals surface area contributed by atoms with Gasteiger partial charge < -0.3 is 14.2 Å². The molecule has 2 aliphatic heterocycles. The van der Waals surface area contributed by atoms with Gasteiger partial charge in [0.2, 0.25) is 0 Å².